The van der Waals surface area contributed by atoms with Crippen molar-refractivity contribution < 1.29 is 13.9 Å². The van der Waals surface area contributed by atoms with Gasteiger partial charge in [-0.15, -0.1) is 0 Å². The van der Waals surface area contributed by atoms with Crippen LogP contribution in [0.3, 0.4) is 0 Å². The molecule has 1 atom stereocenters. The van der Waals surface area contributed by atoms with E-state index in [9.17, 15) is 0 Å². The smallest absolute Gasteiger partial charge is 0.318 e. The van der Waals surface area contributed by atoms with E-state index in [1.165, 1.54) is 38.3 Å². The maximum Gasteiger partial charge on any atom is 0.318 e. The normalized spacial score (nSPS) is 17.8. The number of rotatable bonds is 0. The quantitative estimate of drug-likeness (QED) is 0.214. The fraction of sp³-hybridized carbons (Fsp3) is 0.0312. The van der Waals surface area contributed by atoms with E-state index in [2.05, 4.69) is 109 Å². The molecule has 3 aliphatic heterocycles. The molecule has 8 aromatic rings. The zero-order chi connectivity index (χ0) is 24.3. The minimum atomic E-state index is -0.628. The second kappa shape index (κ2) is 5.53. The Balaban J connectivity index is 1.50. The predicted octanol–water partition coefficient (Wildman–Crippen LogP) is 5.34. The molecule has 3 aliphatic rings. The van der Waals surface area contributed by atoms with Gasteiger partial charge < -0.3 is 4.74 Å². The van der Waals surface area contributed by atoms with Gasteiger partial charge in [0.15, 0.2) is 11.0 Å². The third-order valence-corrected chi connectivity index (χ3v) is 8.99. The first-order chi connectivity index (χ1) is 18.9. The Morgan fingerprint density at radius 2 is 1.55 bits per heavy atom. The van der Waals surface area contributed by atoms with E-state index in [0.29, 0.717) is 0 Å². The number of pyridine rings is 3. The van der Waals surface area contributed by atoms with E-state index in [-0.39, 0.29) is 0 Å². The summed E-state index contributed by atoms with van der Waals surface area (Å²) in [5, 5.41) is 4.85. The molecule has 5 aromatic heterocycles. The van der Waals surface area contributed by atoms with Crippen LogP contribution in [-0.4, -0.2) is 14.0 Å². The van der Waals surface area contributed by atoms with Gasteiger partial charge in [0.25, 0.3) is 11.5 Å². The molecule has 0 amide bonds. The van der Waals surface area contributed by atoms with Crippen molar-refractivity contribution in [3.8, 4) is 17.3 Å². The van der Waals surface area contributed by atoms with E-state index in [1.807, 2.05) is 12.3 Å². The highest BCUT2D eigenvalue weighted by Crippen LogP contribution is 2.56. The lowest BCUT2D eigenvalue weighted by Crippen LogP contribution is -2.75. The van der Waals surface area contributed by atoms with Crippen LogP contribution >= 0.6 is 0 Å². The molecule has 0 saturated carbocycles. The van der Waals surface area contributed by atoms with Crippen molar-refractivity contribution in [1.82, 2.24) is 14.0 Å². The number of aromatic nitrogens is 5. The number of para-hydroxylation sites is 1. The van der Waals surface area contributed by atoms with E-state index in [1.54, 1.807) is 0 Å². The molecule has 8 heterocycles. The van der Waals surface area contributed by atoms with Gasteiger partial charge in [0.2, 0.25) is 0 Å². The van der Waals surface area contributed by atoms with E-state index in [4.69, 9.17) is 9.72 Å². The van der Waals surface area contributed by atoms with Crippen molar-refractivity contribution in [3.63, 3.8) is 0 Å². The lowest BCUT2D eigenvalue weighted by molar-refractivity contribution is -0.956. The van der Waals surface area contributed by atoms with Gasteiger partial charge in [-0.2, -0.15) is 18.1 Å². The fourth-order valence-corrected chi connectivity index (χ4v) is 7.76. The van der Waals surface area contributed by atoms with E-state index < -0.39 is 5.66 Å². The third kappa shape index (κ3) is 1.59. The van der Waals surface area contributed by atoms with Crippen LogP contribution in [0.4, 0.5) is 0 Å². The van der Waals surface area contributed by atoms with Crippen molar-refractivity contribution in [1.29, 1.82) is 0 Å². The third-order valence-electron chi connectivity index (χ3n) is 8.99. The standard InChI is InChI=1S/C32H17N5O/c1-2-7-21-18(6-1)19-10-12-24-28-30(19)37(21)25-9-3-4-15-35(25)32(28)27-23(38-24)13-11-20-26(27)31-34(16-17-36(31)32)22-8-5-14-33-29(20)22/h1-17H/q+2. The van der Waals surface area contributed by atoms with Crippen LogP contribution in [-0.2, 0) is 5.66 Å². The number of hydrogen-bond acceptors (Lipinski definition) is 2. The largest absolute Gasteiger partial charge is 0.456 e. The van der Waals surface area contributed by atoms with Crippen LogP contribution in [0.15, 0.2) is 104 Å². The first-order valence-electron chi connectivity index (χ1n) is 12.9. The van der Waals surface area contributed by atoms with Gasteiger partial charge in [-0.1, -0.05) is 18.2 Å². The lowest BCUT2D eigenvalue weighted by atomic mass is 9.83. The first-order valence-corrected chi connectivity index (χ1v) is 12.9. The molecule has 0 aliphatic carbocycles. The molecule has 11 rings (SSSR count). The Morgan fingerprint density at radius 1 is 0.711 bits per heavy atom. The summed E-state index contributed by atoms with van der Waals surface area (Å²) in [5.74, 6) is 2.94. The minimum Gasteiger partial charge on any atom is -0.456 e. The van der Waals surface area contributed by atoms with E-state index in [0.717, 1.165) is 39.4 Å². The van der Waals surface area contributed by atoms with Crippen molar-refractivity contribution >= 4 is 49.3 Å². The van der Waals surface area contributed by atoms with Crippen molar-refractivity contribution in [2.75, 3.05) is 0 Å². The number of imidazole rings is 1. The second-order valence-electron chi connectivity index (χ2n) is 10.5. The summed E-state index contributed by atoms with van der Waals surface area (Å²) < 4.78 is 16.4. The average molecular weight is 488 g/mol. The summed E-state index contributed by atoms with van der Waals surface area (Å²) in [5.41, 5.74) is 7.42. The van der Waals surface area contributed by atoms with Gasteiger partial charge in [0.05, 0.1) is 11.6 Å². The lowest BCUT2D eigenvalue weighted by Gasteiger charge is -2.36. The number of nitrogens with zero attached hydrogens (tertiary/aromatic N) is 5. The Morgan fingerprint density at radius 3 is 2.53 bits per heavy atom. The highest BCUT2D eigenvalue weighted by molar-refractivity contribution is 6.15. The number of benzene rings is 3. The highest BCUT2D eigenvalue weighted by atomic mass is 16.5. The summed E-state index contributed by atoms with van der Waals surface area (Å²) >= 11 is 0. The molecule has 6 nitrogen and oxygen atoms in total. The van der Waals surface area contributed by atoms with Gasteiger partial charge in [0, 0.05) is 28.4 Å². The van der Waals surface area contributed by atoms with Gasteiger partial charge >= 0.3 is 5.66 Å². The zero-order valence-corrected chi connectivity index (χ0v) is 20.0. The molecule has 1 unspecified atom stereocenters. The molecule has 1 spiro atoms. The van der Waals surface area contributed by atoms with Crippen LogP contribution in [0, 0.1) is 0 Å². The van der Waals surface area contributed by atoms with Crippen LogP contribution in [0.25, 0.3) is 55.1 Å². The van der Waals surface area contributed by atoms with E-state index >= 15 is 0 Å². The SMILES string of the molecule is c1cc[n+]2c(c1)-n1c3ccccc3c3ccc4c(c31)C21c2c(ccc3c5ncccc5n5cc[n+]1c5c23)O4. The van der Waals surface area contributed by atoms with Crippen molar-refractivity contribution in [3.05, 3.63) is 115 Å². The van der Waals surface area contributed by atoms with Crippen LogP contribution in [0.5, 0.6) is 11.5 Å². The van der Waals surface area contributed by atoms with Gasteiger partial charge in [-0.3, -0.25) is 4.98 Å². The minimum absolute atomic E-state index is 0.628. The summed E-state index contributed by atoms with van der Waals surface area (Å²) in [4.78, 5) is 4.85. The number of fused-ring (bicyclic) bond motifs is 8. The predicted molar refractivity (Wildman–Crippen MR) is 143 cm³/mol. The molecule has 0 fully saturated rings. The molecule has 0 N–H and O–H groups in total. The van der Waals surface area contributed by atoms with Crippen LogP contribution < -0.4 is 13.9 Å². The molecule has 0 saturated heterocycles. The summed E-state index contributed by atoms with van der Waals surface area (Å²) in [6.07, 6.45) is 8.54. The molecule has 0 bridgehead atoms. The van der Waals surface area contributed by atoms with Crippen LogP contribution in [0.2, 0.25) is 0 Å². The molecular formula is C32H17N5O+2. The zero-order valence-electron chi connectivity index (χ0n) is 20.0. The maximum absolute atomic E-state index is 6.78. The Labute approximate surface area is 214 Å². The van der Waals surface area contributed by atoms with Gasteiger partial charge in [-0.05, 0) is 54.6 Å². The van der Waals surface area contributed by atoms with Crippen LogP contribution in [0.1, 0.15) is 11.1 Å². The molecule has 3 aromatic carbocycles. The van der Waals surface area contributed by atoms with Crippen molar-refractivity contribution in [2.24, 2.45) is 0 Å². The topological polar surface area (TPSA) is 39.2 Å². The highest BCUT2D eigenvalue weighted by Gasteiger charge is 2.64. The monoisotopic (exact) mass is 487 g/mol. The van der Waals surface area contributed by atoms with Crippen molar-refractivity contribution in [2.45, 2.75) is 5.66 Å². The number of ether oxygens (including phenoxy) is 1. The average Bonchev–Trinajstić information content (AvgIpc) is 3.65. The van der Waals surface area contributed by atoms with Gasteiger partial charge in [-0.25, -0.2) is 0 Å². The second-order valence-corrected chi connectivity index (χ2v) is 10.5. The number of hydrogen-bond donors (Lipinski definition) is 0. The molecular weight excluding hydrogens is 470 g/mol. The Bertz CT molecular complexity index is 2450. The first kappa shape index (κ1) is 18.1. The Kier molecular flexibility index (Phi) is 2.63. The Hall–Kier alpha value is -5.23. The maximum atomic E-state index is 6.78. The molecule has 38 heavy (non-hydrogen) atoms. The molecule has 174 valence electrons. The summed E-state index contributed by atoms with van der Waals surface area (Å²) in [6, 6.07) is 28.1. The fourth-order valence-electron chi connectivity index (χ4n) is 7.76. The summed E-state index contributed by atoms with van der Waals surface area (Å²) in [7, 11) is 0. The molecule has 6 heteroatoms. The molecule has 0 radical (unpaired) electrons. The van der Waals surface area contributed by atoms with Gasteiger partial charge in [0.1, 0.15) is 46.1 Å². The summed E-state index contributed by atoms with van der Waals surface area (Å²) in [6.45, 7) is 0.